The van der Waals surface area contributed by atoms with E-state index < -0.39 is 12.0 Å². The second kappa shape index (κ2) is 9.75. The first kappa shape index (κ1) is 24.4. The van der Waals surface area contributed by atoms with Crippen molar-refractivity contribution in [2.24, 2.45) is 23.2 Å². The number of rotatable bonds is 8. The quantitative estimate of drug-likeness (QED) is 0.276. The molecular weight excluding hydrogens is 532 g/mol. The molecule has 4 fully saturated rings. The van der Waals surface area contributed by atoms with Crippen LogP contribution in [0.25, 0.3) is 10.9 Å². The van der Waals surface area contributed by atoms with Gasteiger partial charge in [-0.3, -0.25) is 9.59 Å². The van der Waals surface area contributed by atoms with E-state index in [9.17, 15) is 14.4 Å². The molecule has 2 N–H and O–H groups in total. The number of hydrogen-bond donors (Lipinski definition) is 2. The van der Waals surface area contributed by atoms with Gasteiger partial charge in [-0.15, -0.1) is 0 Å². The number of nitrogens with one attached hydrogen (secondary N) is 2. The van der Waals surface area contributed by atoms with Crippen LogP contribution in [0.2, 0.25) is 0 Å². The largest absolute Gasteiger partial charge is 0.456 e. The Morgan fingerprint density at radius 1 is 0.973 bits per heavy atom. The lowest BCUT2D eigenvalue weighted by atomic mass is 9.49. The Morgan fingerprint density at radius 2 is 1.62 bits per heavy atom. The third-order valence-corrected chi connectivity index (χ3v) is 9.25. The molecule has 3 aromatic rings. The fourth-order valence-electron chi connectivity index (χ4n) is 7.37. The lowest BCUT2D eigenvalue weighted by Crippen LogP contribution is -2.56. The van der Waals surface area contributed by atoms with Gasteiger partial charge in [0, 0.05) is 39.0 Å². The Morgan fingerprint density at radius 3 is 2.30 bits per heavy atom. The molecule has 4 saturated carbocycles. The summed E-state index contributed by atoms with van der Waals surface area (Å²) in [7, 11) is 0. The van der Waals surface area contributed by atoms with E-state index in [1.54, 1.807) is 24.3 Å². The van der Waals surface area contributed by atoms with Crippen LogP contribution in [-0.2, 0) is 20.7 Å². The van der Waals surface area contributed by atoms with E-state index in [2.05, 4.69) is 26.2 Å². The molecule has 0 saturated heterocycles. The van der Waals surface area contributed by atoms with E-state index in [0.717, 1.165) is 40.2 Å². The van der Waals surface area contributed by atoms with E-state index >= 15 is 0 Å². The summed E-state index contributed by atoms with van der Waals surface area (Å²) in [5.74, 6) is 0.999. The fourth-order valence-corrected chi connectivity index (χ4v) is 7.63. The number of amides is 1. The molecule has 4 aliphatic rings. The standard InChI is InChI=1S/C30H31BrN2O4/c31-23-7-5-21(6-8-23)27(34)17-37-28(35)26(12-22-16-32-25-4-2-1-3-24(22)25)33-29(36)30-13-18-9-19(14-30)11-20(10-18)15-30/h1-8,16,18-20,26,32H,9-15,17H2,(H,33,36). The molecule has 0 spiro atoms. The Hall–Kier alpha value is -2.93. The zero-order chi connectivity index (χ0) is 25.6. The van der Waals surface area contributed by atoms with E-state index in [0.29, 0.717) is 29.7 Å². The number of hydrogen-bond acceptors (Lipinski definition) is 4. The minimum atomic E-state index is -0.863. The van der Waals surface area contributed by atoms with Crippen LogP contribution in [0.5, 0.6) is 0 Å². The van der Waals surface area contributed by atoms with Crippen molar-refractivity contribution >= 4 is 44.5 Å². The molecule has 1 amide bonds. The van der Waals surface area contributed by atoms with Gasteiger partial charge in [-0.2, -0.15) is 0 Å². The van der Waals surface area contributed by atoms with Crippen molar-refractivity contribution in [3.8, 4) is 0 Å². The number of para-hydroxylation sites is 1. The molecule has 4 bridgehead atoms. The number of benzene rings is 2. The molecule has 0 aliphatic heterocycles. The Bertz CT molecular complexity index is 1310. The zero-order valence-corrected chi connectivity index (χ0v) is 22.3. The Balaban J connectivity index is 1.20. The SMILES string of the molecule is O=C(COC(=O)C(Cc1c[nH]c2ccccc12)NC(=O)C12CC3CC(CC(C3)C1)C2)c1ccc(Br)cc1. The van der Waals surface area contributed by atoms with Crippen LogP contribution >= 0.6 is 15.9 Å². The van der Waals surface area contributed by atoms with Crippen molar-refractivity contribution in [3.63, 3.8) is 0 Å². The number of Topliss-reactive ketones (excluding diaryl/α,β-unsaturated/α-hetero) is 1. The normalized spacial score (nSPS) is 26.7. The van der Waals surface area contributed by atoms with Gasteiger partial charge in [0.25, 0.3) is 0 Å². The summed E-state index contributed by atoms with van der Waals surface area (Å²) in [4.78, 5) is 43.0. The van der Waals surface area contributed by atoms with Gasteiger partial charge in [-0.25, -0.2) is 4.79 Å². The lowest BCUT2D eigenvalue weighted by molar-refractivity contribution is -0.153. The number of carbonyl (C=O) groups excluding carboxylic acids is 3. The minimum Gasteiger partial charge on any atom is -0.456 e. The van der Waals surface area contributed by atoms with E-state index in [4.69, 9.17) is 4.74 Å². The van der Waals surface area contributed by atoms with Crippen molar-refractivity contribution in [3.05, 3.63) is 70.3 Å². The van der Waals surface area contributed by atoms with Crippen molar-refractivity contribution in [2.45, 2.75) is 51.0 Å². The molecule has 4 aliphatic carbocycles. The first-order valence-electron chi connectivity index (χ1n) is 13.2. The number of ether oxygens (including phenoxy) is 1. The van der Waals surface area contributed by atoms with E-state index in [1.807, 2.05) is 30.5 Å². The van der Waals surface area contributed by atoms with Gasteiger partial charge in [0.05, 0.1) is 0 Å². The maximum Gasteiger partial charge on any atom is 0.329 e. The molecule has 2 aromatic carbocycles. The van der Waals surface area contributed by atoms with Crippen molar-refractivity contribution in [2.75, 3.05) is 6.61 Å². The Kier molecular flexibility index (Phi) is 6.43. The van der Waals surface area contributed by atoms with Crippen LogP contribution in [0.15, 0.2) is 59.2 Å². The molecule has 0 radical (unpaired) electrons. The summed E-state index contributed by atoms with van der Waals surface area (Å²) in [6.07, 6.45) is 8.66. The second-order valence-electron chi connectivity index (χ2n) is 11.3. The summed E-state index contributed by atoms with van der Waals surface area (Å²) >= 11 is 3.36. The Labute approximate surface area is 224 Å². The van der Waals surface area contributed by atoms with Crippen LogP contribution < -0.4 is 5.32 Å². The molecule has 7 rings (SSSR count). The van der Waals surface area contributed by atoms with Gasteiger partial charge in [0.1, 0.15) is 6.04 Å². The van der Waals surface area contributed by atoms with Gasteiger partial charge in [-0.05, 0) is 80.0 Å². The van der Waals surface area contributed by atoms with Gasteiger partial charge in [0.2, 0.25) is 5.91 Å². The average molecular weight is 563 g/mol. The monoisotopic (exact) mass is 562 g/mol. The van der Waals surface area contributed by atoms with Crippen LogP contribution in [0.3, 0.4) is 0 Å². The number of halogens is 1. The molecule has 37 heavy (non-hydrogen) atoms. The lowest BCUT2D eigenvalue weighted by Gasteiger charge is -2.55. The topological polar surface area (TPSA) is 88.3 Å². The molecule has 192 valence electrons. The predicted molar refractivity (Wildman–Crippen MR) is 144 cm³/mol. The fraction of sp³-hybridized carbons (Fsp3) is 0.433. The highest BCUT2D eigenvalue weighted by molar-refractivity contribution is 9.10. The maximum absolute atomic E-state index is 13.8. The maximum atomic E-state index is 13.8. The summed E-state index contributed by atoms with van der Waals surface area (Å²) < 4.78 is 6.37. The van der Waals surface area contributed by atoms with Crippen molar-refractivity contribution in [1.82, 2.24) is 10.3 Å². The van der Waals surface area contributed by atoms with E-state index in [-0.39, 0.29) is 23.7 Å². The number of carbonyl (C=O) groups is 3. The summed E-state index contributed by atoms with van der Waals surface area (Å²) in [6, 6.07) is 14.0. The van der Waals surface area contributed by atoms with Crippen molar-refractivity contribution in [1.29, 1.82) is 0 Å². The van der Waals surface area contributed by atoms with E-state index in [1.165, 1.54) is 19.3 Å². The predicted octanol–water partition coefficient (Wildman–Crippen LogP) is 5.60. The number of aromatic nitrogens is 1. The molecule has 1 unspecified atom stereocenters. The van der Waals surface area contributed by atoms with Gasteiger partial charge in [0.15, 0.2) is 12.4 Å². The molecule has 6 nitrogen and oxygen atoms in total. The van der Waals surface area contributed by atoms with Crippen LogP contribution in [-0.4, -0.2) is 35.3 Å². The highest BCUT2D eigenvalue weighted by Crippen LogP contribution is 2.60. The van der Waals surface area contributed by atoms with Gasteiger partial charge < -0.3 is 15.0 Å². The third-order valence-electron chi connectivity index (χ3n) is 8.72. The molecule has 7 heteroatoms. The first-order chi connectivity index (χ1) is 17.9. The molecule has 1 atom stereocenters. The summed E-state index contributed by atoms with van der Waals surface area (Å²) in [5.41, 5.74) is 2.01. The highest BCUT2D eigenvalue weighted by atomic mass is 79.9. The zero-order valence-electron chi connectivity index (χ0n) is 20.7. The first-order valence-corrected chi connectivity index (χ1v) is 14.0. The average Bonchev–Trinajstić information content (AvgIpc) is 3.29. The van der Waals surface area contributed by atoms with Crippen LogP contribution in [0, 0.1) is 23.2 Å². The highest BCUT2D eigenvalue weighted by Gasteiger charge is 2.55. The van der Waals surface area contributed by atoms with Crippen molar-refractivity contribution < 1.29 is 19.1 Å². The number of ketones is 1. The van der Waals surface area contributed by atoms with Crippen LogP contribution in [0.1, 0.15) is 54.4 Å². The number of fused-ring (bicyclic) bond motifs is 1. The molecule has 1 aromatic heterocycles. The summed E-state index contributed by atoms with van der Waals surface area (Å²) in [5, 5.41) is 4.11. The smallest absolute Gasteiger partial charge is 0.329 e. The number of H-pyrrole nitrogens is 1. The number of aromatic amines is 1. The van der Waals surface area contributed by atoms with Gasteiger partial charge >= 0.3 is 5.97 Å². The minimum absolute atomic E-state index is 0.0207. The number of esters is 1. The van der Waals surface area contributed by atoms with Crippen LogP contribution in [0.4, 0.5) is 0 Å². The third kappa shape index (κ3) is 4.86. The van der Waals surface area contributed by atoms with Gasteiger partial charge in [-0.1, -0.05) is 46.3 Å². The molecule has 1 heterocycles. The summed E-state index contributed by atoms with van der Waals surface area (Å²) in [6.45, 7) is -0.363. The molecular formula is C30H31BrN2O4. The second-order valence-corrected chi connectivity index (χ2v) is 12.2.